The topological polar surface area (TPSA) is 49.4 Å². The van der Waals surface area contributed by atoms with E-state index in [0.29, 0.717) is 6.54 Å². The molecule has 0 aromatic heterocycles. The molecule has 2 amide bonds. The number of amides is 2. The lowest BCUT2D eigenvalue weighted by atomic mass is 10.1. The summed E-state index contributed by atoms with van der Waals surface area (Å²) in [4.78, 5) is 26.5. The van der Waals surface area contributed by atoms with E-state index in [-0.39, 0.29) is 24.2 Å². The first-order valence-corrected chi connectivity index (χ1v) is 8.67. The molecule has 1 N–H and O–H groups in total. The number of carbonyl (C=O) groups is 2. The molecule has 1 atom stereocenters. The maximum atomic E-state index is 12.5. The minimum atomic E-state index is -0.335. The molecule has 0 aliphatic carbocycles. The minimum Gasteiger partial charge on any atom is -0.326 e. The van der Waals surface area contributed by atoms with Crippen molar-refractivity contribution in [1.82, 2.24) is 0 Å². The van der Waals surface area contributed by atoms with E-state index >= 15 is 0 Å². The van der Waals surface area contributed by atoms with Crippen LogP contribution in [-0.4, -0.2) is 18.4 Å². The molecule has 1 fully saturated rings. The lowest BCUT2D eigenvalue weighted by Gasteiger charge is -2.17. The maximum absolute atomic E-state index is 12.5. The van der Waals surface area contributed by atoms with Crippen LogP contribution >= 0.6 is 15.9 Å². The molecule has 2 aromatic carbocycles. The van der Waals surface area contributed by atoms with Gasteiger partial charge in [0.15, 0.2) is 0 Å². The summed E-state index contributed by atoms with van der Waals surface area (Å²) in [5.74, 6) is -0.460. The van der Waals surface area contributed by atoms with E-state index in [1.165, 1.54) is 0 Å². The number of nitrogens with one attached hydrogen (secondary N) is 1. The van der Waals surface area contributed by atoms with Crippen LogP contribution in [0.1, 0.15) is 17.5 Å². The molecule has 0 radical (unpaired) electrons. The number of carbonyl (C=O) groups excluding carboxylic acids is 2. The zero-order valence-electron chi connectivity index (χ0n) is 13.7. The Morgan fingerprint density at radius 2 is 2.00 bits per heavy atom. The van der Waals surface area contributed by atoms with E-state index in [9.17, 15) is 9.59 Å². The van der Waals surface area contributed by atoms with Crippen LogP contribution < -0.4 is 10.2 Å². The third-order valence-corrected chi connectivity index (χ3v) is 5.10. The molecule has 2 aromatic rings. The average molecular weight is 387 g/mol. The van der Waals surface area contributed by atoms with Crippen molar-refractivity contribution in [2.24, 2.45) is 5.92 Å². The smallest absolute Gasteiger partial charge is 0.229 e. The predicted octanol–water partition coefficient (Wildman–Crippen LogP) is 4.06. The van der Waals surface area contributed by atoms with Gasteiger partial charge < -0.3 is 10.2 Å². The number of halogens is 1. The monoisotopic (exact) mass is 386 g/mol. The van der Waals surface area contributed by atoms with Gasteiger partial charge in [-0.25, -0.2) is 0 Å². The van der Waals surface area contributed by atoms with Crippen LogP contribution in [0.15, 0.2) is 46.9 Å². The first-order valence-electron chi connectivity index (χ1n) is 7.88. The predicted molar refractivity (Wildman–Crippen MR) is 99.1 cm³/mol. The summed E-state index contributed by atoms with van der Waals surface area (Å²) >= 11 is 3.46. The third-order valence-electron chi connectivity index (χ3n) is 4.25. The van der Waals surface area contributed by atoms with Crippen molar-refractivity contribution < 1.29 is 9.59 Å². The normalized spacial score (nSPS) is 17.2. The van der Waals surface area contributed by atoms with E-state index in [1.54, 1.807) is 4.90 Å². The SMILES string of the molecule is Cc1cccc(N2CC(C(=O)Nc3ccc(C)c(Br)c3)CC2=O)c1. The second-order valence-corrected chi connectivity index (χ2v) is 7.05. The van der Waals surface area contributed by atoms with Crippen LogP contribution in [0.2, 0.25) is 0 Å². The van der Waals surface area contributed by atoms with Gasteiger partial charge >= 0.3 is 0 Å². The van der Waals surface area contributed by atoms with Crippen LogP contribution in [0.5, 0.6) is 0 Å². The number of rotatable bonds is 3. The van der Waals surface area contributed by atoms with E-state index in [4.69, 9.17) is 0 Å². The first-order chi connectivity index (χ1) is 11.4. The Kier molecular flexibility index (Phi) is 4.71. The van der Waals surface area contributed by atoms with Gasteiger partial charge in [-0.05, 0) is 49.2 Å². The van der Waals surface area contributed by atoms with Gasteiger partial charge in [-0.3, -0.25) is 9.59 Å². The fourth-order valence-electron chi connectivity index (χ4n) is 2.84. The highest BCUT2D eigenvalue weighted by atomic mass is 79.9. The quantitative estimate of drug-likeness (QED) is 0.864. The van der Waals surface area contributed by atoms with Crippen LogP contribution in [0.25, 0.3) is 0 Å². The molecule has 3 rings (SSSR count). The van der Waals surface area contributed by atoms with Gasteiger partial charge in [-0.1, -0.05) is 34.1 Å². The highest BCUT2D eigenvalue weighted by molar-refractivity contribution is 9.10. The fraction of sp³-hybridized carbons (Fsp3) is 0.263. The molecule has 5 heteroatoms. The van der Waals surface area contributed by atoms with Crippen molar-refractivity contribution in [3.8, 4) is 0 Å². The molecule has 24 heavy (non-hydrogen) atoms. The van der Waals surface area contributed by atoms with Gasteiger partial charge in [0.05, 0.1) is 5.92 Å². The molecule has 124 valence electrons. The fourth-order valence-corrected chi connectivity index (χ4v) is 3.22. The van der Waals surface area contributed by atoms with E-state index in [2.05, 4.69) is 21.2 Å². The molecule has 1 saturated heterocycles. The van der Waals surface area contributed by atoms with Crippen molar-refractivity contribution in [3.05, 3.63) is 58.1 Å². The molecule has 0 bridgehead atoms. The Hall–Kier alpha value is -2.14. The number of hydrogen-bond donors (Lipinski definition) is 1. The highest BCUT2D eigenvalue weighted by Crippen LogP contribution is 2.27. The van der Waals surface area contributed by atoms with Crippen molar-refractivity contribution in [2.45, 2.75) is 20.3 Å². The molecule has 1 aliphatic heterocycles. The van der Waals surface area contributed by atoms with Gasteiger partial charge in [-0.2, -0.15) is 0 Å². The largest absolute Gasteiger partial charge is 0.326 e. The van der Waals surface area contributed by atoms with Crippen molar-refractivity contribution in [3.63, 3.8) is 0 Å². The summed E-state index contributed by atoms with van der Waals surface area (Å²) in [6, 6.07) is 13.5. The molecule has 1 aliphatic rings. The van der Waals surface area contributed by atoms with Crippen molar-refractivity contribution in [1.29, 1.82) is 0 Å². The first kappa shape index (κ1) is 16.7. The summed E-state index contributed by atoms with van der Waals surface area (Å²) in [6.45, 7) is 4.40. The third kappa shape index (κ3) is 3.51. The Balaban J connectivity index is 1.70. The number of hydrogen-bond acceptors (Lipinski definition) is 2. The lowest BCUT2D eigenvalue weighted by molar-refractivity contribution is -0.122. The lowest BCUT2D eigenvalue weighted by Crippen LogP contribution is -2.28. The van der Waals surface area contributed by atoms with Gasteiger partial charge in [0.1, 0.15) is 0 Å². The standard InChI is InChI=1S/C19H19BrN2O2/c1-12-4-3-5-16(8-12)22-11-14(9-18(22)23)19(24)21-15-7-6-13(2)17(20)10-15/h3-8,10,14H,9,11H2,1-2H3,(H,21,24). The number of nitrogens with zero attached hydrogens (tertiary/aromatic N) is 1. The van der Waals surface area contributed by atoms with Crippen molar-refractivity contribution >= 4 is 39.1 Å². The van der Waals surface area contributed by atoms with Crippen LogP contribution in [0.3, 0.4) is 0 Å². The molecular weight excluding hydrogens is 368 g/mol. The number of benzene rings is 2. The zero-order chi connectivity index (χ0) is 17.3. The van der Waals surface area contributed by atoms with Gasteiger partial charge in [-0.15, -0.1) is 0 Å². The summed E-state index contributed by atoms with van der Waals surface area (Å²) < 4.78 is 0.948. The Bertz CT molecular complexity index is 804. The van der Waals surface area contributed by atoms with Gasteiger partial charge in [0, 0.05) is 28.8 Å². The maximum Gasteiger partial charge on any atom is 0.229 e. The summed E-state index contributed by atoms with van der Waals surface area (Å²) in [6.07, 6.45) is 0.243. The van der Waals surface area contributed by atoms with E-state index in [0.717, 1.165) is 27.0 Å². The summed E-state index contributed by atoms with van der Waals surface area (Å²) in [5, 5.41) is 2.91. The van der Waals surface area contributed by atoms with E-state index < -0.39 is 0 Å². The molecular formula is C19H19BrN2O2. The van der Waals surface area contributed by atoms with Crippen LogP contribution in [0.4, 0.5) is 11.4 Å². The summed E-state index contributed by atoms with van der Waals surface area (Å²) in [7, 11) is 0. The van der Waals surface area contributed by atoms with Crippen LogP contribution in [0, 0.1) is 19.8 Å². The second-order valence-electron chi connectivity index (χ2n) is 6.20. The minimum absolute atomic E-state index is 0.00848. The zero-order valence-corrected chi connectivity index (χ0v) is 15.3. The molecule has 0 saturated carbocycles. The Morgan fingerprint density at radius 1 is 1.21 bits per heavy atom. The molecule has 1 heterocycles. The van der Waals surface area contributed by atoms with E-state index in [1.807, 2.05) is 56.3 Å². The molecule has 0 spiro atoms. The van der Waals surface area contributed by atoms with Gasteiger partial charge in [0.25, 0.3) is 0 Å². The molecule has 1 unspecified atom stereocenters. The van der Waals surface area contributed by atoms with Crippen molar-refractivity contribution in [2.75, 3.05) is 16.8 Å². The highest BCUT2D eigenvalue weighted by Gasteiger charge is 2.35. The van der Waals surface area contributed by atoms with Crippen LogP contribution in [-0.2, 0) is 9.59 Å². The molecule has 4 nitrogen and oxygen atoms in total. The second kappa shape index (κ2) is 6.77. The number of anilines is 2. The number of aryl methyl sites for hydroxylation is 2. The van der Waals surface area contributed by atoms with Gasteiger partial charge in [0.2, 0.25) is 11.8 Å². The Morgan fingerprint density at radius 3 is 2.71 bits per heavy atom. The Labute approximate surface area is 150 Å². The average Bonchev–Trinajstić information content (AvgIpc) is 2.93. The summed E-state index contributed by atoms with van der Waals surface area (Å²) in [5.41, 5.74) is 3.79.